The number of benzene rings is 1. The van der Waals surface area contributed by atoms with Gasteiger partial charge < -0.3 is 14.3 Å². The Balaban J connectivity index is 1.44. The van der Waals surface area contributed by atoms with Gasteiger partial charge in [-0.3, -0.25) is 9.59 Å². The molecule has 0 aliphatic heterocycles. The molecule has 0 spiro atoms. The fourth-order valence-corrected chi connectivity index (χ4v) is 2.95. The van der Waals surface area contributed by atoms with Gasteiger partial charge in [-0.2, -0.15) is 10.1 Å². The normalized spacial score (nSPS) is 11.9. The van der Waals surface area contributed by atoms with Crippen LogP contribution in [0.1, 0.15) is 29.2 Å². The Morgan fingerprint density at radius 3 is 2.74 bits per heavy atom. The topological polar surface area (TPSA) is 116 Å². The van der Waals surface area contributed by atoms with Crippen LogP contribution in [0.25, 0.3) is 11.3 Å². The van der Waals surface area contributed by atoms with Gasteiger partial charge in [-0.25, -0.2) is 9.07 Å². The lowest BCUT2D eigenvalue weighted by Gasteiger charge is -2.10. The third-order valence-electron chi connectivity index (χ3n) is 4.43. The zero-order valence-electron chi connectivity index (χ0n) is 16.5. The van der Waals surface area contributed by atoms with Crippen LogP contribution >= 0.6 is 0 Å². The first-order valence-corrected chi connectivity index (χ1v) is 9.48. The summed E-state index contributed by atoms with van der Waals surface area (Å²) in [4.78, 5) is 28.5. The molecule has 0 aliphatic carbocycles. The molecule has 0 unspecified atom stereocenters. The summed E-state index contributed by atoms with van der Waals surface area (Å²) in [5.74, 6) is -0.254. The molecule has 9 nitrogen and oxygen atoms in total. The maximum Gasteiger partial charge on any atom is 0.316 e. The highest BCUT2D eigenvalue weighted by Crippen LogP contribution is 2.15. The first kappa shape index (κ1) is 20.2. The summed E-state index contributed by atoms with van der Waals surface area (Å²) in [5, 5.41) is 10.8. The zero-order valence-corrected chi connectivity index (χ0v) is 16.5. The second kappa shape index (κ2) is 8.74. The average Bonchev–Trinajstić information content (AvgIpc) is 3.42. The molecule has 1 aromatic carbocycles. The largest absolute Gasteiger partial charge is 0.469 e. The molecule has 0 fully saturated rings. The molecule has 1 N–H and O–H groups in total. The Morgan fingerprint density at radius 2 is 2.00 bits per heavy atom. The molecule has 3 heterocycles. The van der Waals surface area contributed by atoms with Crippen molar-refractivity contribution in [1.29, 1.82) is 0 Å². The molecule has 31 heavy (non-hydrogen) atoms. The SMILES string of the molecule is C[C@@H](Cc1ccco1)NC(=O)c1nc(Cn2nc(-c3ccc(F)cc3)ccc2=O)no1. The average molecular weight is 423 g/mol. The van der Waals surface area contributed by atoms with Crippen molar-refractivity contribution in [3.05, 3.63) is 88.4 Å². The molecule has 0 saturated carbocycles. The minimum absolute atomic E-state index is 0.0907. The van der Waals surface area contributed by atoms with Gasteiger partial charge in [0.1, 0.15) is 18.1 Å². The van der Waals surface area contributed by atoms with E-state index in [9.17, 15) is 14.0 Å². The fraction of sp³-hybridized carbons (Fsp3) is 0.190. The number of hydrogen-bond donors (Lipinski definition) is 1. The van der Waals surface area contributed by atoms with Crippen molar-refractivity contribution in [2.24, 2.45) is 0 Å². The molecule has 0 bridgehead atoms. The van der Waals surface area contributed by atoms with Crippen molar-refractivity contribution in [3.63, 3.8) is 0 Å². The third kappa shape index (κ3) is 4.92. The molecule has 158 valence electrons. The van der Waals surface area contributed by atoms with Gasteiger partial charge in [-0.05, 0) is 49.4 Å². The van der Waals surface area contributed by atoms with E-state index in [0.29, 0.717) is 17.7 Å². The van der Waals surface area contributed by atoms with Crippen molar-refractivity contribution in [1.82, 2.24) is 25.2 Å². The number of carbonyl (C=O) groups is 1. The van der Waals surface area contributed by atoms with Crippen molar-refractivity contribution in [2.45, 2.75) is 25.9 Å². The number of halogens is 1. The maximum absolute atomic E-state index is 13.1. The number of nitrogens with zero attached hydrogens (tertiary/aromatic N) is 4. The monoisotopic (exact) mass is 423 g/mol. The van der Waals surface area contributed by atoms with Crippen molar-refractivity contribution < 1.29 is 18.1 Å². The van der Waals surface area contributed by atoms with Gasteiger partial charge >= 0.3 is 11.8 Å². The summed E-state index contributed by atoms with van der Waals surface area (Å²) in [6.07, 6.45) is 2.07. The molecule has 1 amide bonds. The van der Waals surface area contributed by atoms with E-state index >= 15 is 0 Å². The number of carbonyl (C=O) groups excluding carboxylic acids is 1. The van der Waals surface area contributed by atoms with Gasteiger partial charge in [-0.1, -0.05) is 5.16 Å². The number of furan rings is 1. The molecular weight excluding hydrogens is 405 g/mol. The quantitative estimate of drug-likeness (QED) is 0.485. The van der Waals surface area contributed by atoms with Crippen LogP contribution in [-0.2, 0) is 13.0 Å². The lowest BCUT2D eigenvalue weighted by Crippen LogP contribution is -2.34. The van der Waals surface area contributed by atoms with Crippen LogP contribution in [0.4, 0.5) is 4.39 Å². The molecule has 0 saturated heterocycles. The highest BCUT2D eigenvalue weighted by Gasteiger charge is 2.18. The first-order valence-electron chi connectivity index (χ1n) is 9.48. The van der Waals surface area contributed by atoms with Crippen molar-refractivity contribution in [3.8, 4) is 11.3 Å². The van der Waals surface area contributed by atoms with E-state index in [4.69, 9.17) is 8.94 Å². The minimum atomic E-state index is -0.529. The third-order valence-corrected chi connectivity index (χ3v) is 4.43. The molecule has 10 heteroatoms. The molecule has 3 aromatic heterocycles. The second-order valence-electron chi connectivity index (χ2n) is 6.90. The van der Waals surface area contributed by atoms with E-state index in [-0.39, 0.29) is 35.7 Å². The lowest BCUT2D eigenvalue weighted by atomic mass is 10.1. The molecule has 0 radical (unpaired) electrons. The van der Waals surface area contributed by atoms with E-state index < -0.39 is 5.91 Å². The maximum atomic E-state index is 13.1. The van der Waals surface area contributed by atoms with Crippen LogP contribution in [0.2, 0.25) is 0 Å². The van der Waals surface area contributed by atoms with Crippen LogP contribution in [0.15, 0.2) is 68.5 Å². The van der Waals surface area contributed by atoms with E-state index in [1.165, 1.54) is 18.2 Å². The van der Waals surface area contributed by atoms with Crippen molar-refractivity contribution in [2.75, 3.05) is 0 Å². The summed E-state index contributed by atoms with van der Waals surface area (Å²) < 4.78 is 24.6. The van der Waals surface area contributed by atoms with E-state index in [0.717, 1.165) is 10.4 Å². The molecule has 4 rings (SSSR count). The molecular formula is C21H18FN5O4. The lowest BCUT2D eigenvalue weighted by molar-refractivity contribution is 0.0895. The van der Waals surface area contributed by atoms with Gasteiger partial charge in [0.05, 0.1) is 12.0 Å². The van der Waals surface area contributed by atoms with Crippen LogP contribution in [0.3, 0.4) is 0 Å². The predicted octanol–water partition coefficient (Wildman–Crippen LogP) is 2.43. The molecule has 1 atom stereocenters. The predicted molar refractivity (Wildman–Crippen MR) is 107 cm³/mol. The summed E-state index contributed by atoms with van der Waals surface area (Å²) >= 11 is 0. The Kier molecular flexibility index (Phi) is 5.69. The highest BCUT2D eigenvalue weighted by atomic mass is 19.1. The number of amides is 1. The summed E-state index contributed by atoms with van der Waals surface area (Å²) in [6.45, 7) is 1.73. The Morgan fingerprint density at radius 1 is 1.19 bits per heavy atom. The highest BCUT2D eigenvalue weighted by molar-refractivity contribution is 5.89. The van der Waals surface area contributed by atoms with E-state index in [1.807, 2.05) is 13.0 Å². The van der Waals surface area contributed by atoms with Crippen LogP contribution < -0.4 is 10.9 Å². The van der Waals surface area contributed by atoms with E-state index in [2.05, 4.69) is 20.6 Å². The van der Waals surface area contributed by atoms with Gasteiger partial charge in [0.25, 0.3) is 5.56 Å². The van der Waals surface area contributed by atoms with Crippen LogP contribution in [-0.4, -0.2) is 31.9 Å². The molecule has 4 aromatic rings. The smallest absolute Gasteiger partial charge is 0.316 e. The fourth-order valence-electron chi connectivity index (χ4n) is 2.95. The minimum Gasteiger partial charge on any atom is -0.469 e. The number of nitrogens with one attached hydrogen (secondary N) is 1. The Labute approximate surface area is 175 Å². The van der Waals surface area contributed by atoms with E-state index in [1.54, 1.807) is 30.5 Å². The van der Waals surface area contributed by atoms with Gasteiger partial charge in [0.2, 0.25) is 0 Å². The van der Waals surface area contributed by atoms with Crippen molar-refractivity contribution >= 4 is 5.91 Å². The Bertz CT molecular complexity index is 1230. The standard InChI is InChI=1S/C21H18FN5O4/c1-13(11-16-3-2-10-30-16)23-20(29)21-24-18(26-31-21)12-27-19(28)9-8-17(25-27)14-4-6-15(22)7-5-14/h2-10,13H,11-12H2,1H3,(H,23,29)/t13-/m0/s1. The zero-order chi connectivity index (χ0) is 21.8. The van der Waals surface area contributed by atoms with Crippen LogP contribution in [0.5, 0.6) is 0 Å². The number of rotatable bonds is 7. The summed E-state index contributed by atoms with van der Waals surface area (Å²) in [6, 6.07) is 12.0. The summed E-state index contributed by atoms with van der Waals surface area (Å²) in [7, 11) is 0. The summed E-state index contributed by atoms with van der Waals surface area (Å²) in [5.41, 5.74) is 0.746. The second-order valence-corrected chi connectivity index (χ2v) is 6.90. The van der Waals surface area contributed by atoms with Gasteiger partial charge in [-0.15, -0.1) is 0 Å². The van der Waals surface area contributed by atoms with Gasteiger partial charge in [0, 0.05) is 24.1 Å². The molecule has 0 aliphatic rings. The number of aromatic nitrogens is 4. The van der Waals surface area contributed by atoms with Gasteiger partial charge in [0.15, 0.2) is 5.82 Å². The number of hydrogen-bond acceptors (Lipinski definition) is 7. The van der Waals surface area contributed by atoms with Crippen LogP contribution in [0, 0.1) is 5.82 Å². The first-order chi connectivity index (χ1) is 15.0. The Hall–Kier alpha value is -4.08.